The molecule has 0 aromatic heterocycles. The monoisotopic (exact) mass is 302 g/mol. The maximum absolute atomic E-state index is 5.84. The van der Waals surface area contributed by atoms with Gasteiger partial charge in [-0.05, 0) is 98.7 Å². The third-order valence-corrected chi connectivity index (χ3v) is 9.33. The highest BCUT2D eigenvalue weighted by atomic mass is 16.6. The van der Waals surface area contributed by atoms with E-state index in [1.807, 2.05) is 0 Å². The molecule has 0 radical (unpaired) electrons. The Morgan fingerprint density at radius 3 is 2.50 bits per heavy atom. The van der Waals surface area contributed by atoms with Crippen LogP contribution >= 0.6 is 0 Å². The first-order valence-corrected chi connectivity index (χ1v) is 10.3. The summed E-state index contributed by atoms with van der Waals surface area (Å²) >= 11 is 0. The van der Waals surface area contributed by atoms with Crippen molar-refractivity contribution in [1.29, 1.82) is 0 Å². The van der Waals surface area contributed by atoms with Crippen molar-refractivity contribution in [1.82, 2.24) is 0 Å². The summed E-state index contributed by atoms with van der Waals surface area (Å²) in [6.07, 6.45) is 15.0. The van der Waals surface area contributed by atoms with Gasteiger partial charge in [0.2, 0.25) is 0 Å². The Kier molecular flexibility index (Phi) is 3.09. The Labute approximate surface area is 136 Å². The van der Waals surface area contributed by atoms with E-state index in [2.05, 4.69) is 13.8 Å². The van der Waals surface area contributed by atoms with Crippen LogP contribution in [0.15, 0.2) is 0 Å². The molecule has 0 aromatic rings. The summed E-state index contributed by atoms with van der Waals surface area (Å²) in [5, 5.41) is 0. The summed E-state index contributed by atoms with van der Waals surface area (Å²) in [4.78, 5) is 0. The molecule has 1 saturated heterocycles. The quantitative estimate of drug-likeness (QED) is 0.588. The van der Waals surface area contributed by atoms with E-state index < -0.39 is 0 Å². The number of rotatable bonds is 1. The number of hydrogen-bond acceptors (Lipinski definition) is 1. The maximum Gasteiger partial charge on any atom is 0.0919 e. The lowest BCUT2D eigenvalue weighted by Crippen LogP contribution is -2.49. The van der Waals surface area contributed by atoms with E-state index in [9.17, 15) is 0 Å². The second kappa shape index (κ2) is 4.74. The van der Waals surface area contributed by atoms with E-state index in [4.69, 9.17) is 4.74 Å². The predicted octanol–water partition coefficient (Wildman–Crippen LogP) is 5.43. The summed E-state index contributed by atoms with van der Waals surface area (Å²) in [6.45, 7) is 6.20. The molecule has 0 aromatic carbocycles. The fraction of sp³-hybridized carbons (Fsp3) is 1.00. The zero-order valence-corrected chi connectivity index (χ0v) is 14.7. The van der Waals surface area contributed by atoms with Crippen molar-refractivity contribution in [3.63, 3.8) is 0 Å². The third kappa shape index (κ3) is 1.87. The molecule has 1 nitrogen and oxygen atoms in total. The molecule has 1 heteroatoms. The average molecular weight is 303 g/mol. The SMILES string of the molecule is CC[C@H]1CC[C@H]2[C@@H]3CC[C@H]4CC5(CC[C@@H]4[C@H]3CC[C@]12C)CO5. The largest absolute Gasteiger partial charge is 0.370 e. The molecule has 5 fully saturated rings. The molecule has 5 rings (SSSR count). The van der Waals surface area contributed by atoms with Crippen LogP contribution in [-0.4, -0.2) is 12.2 Å². The molecular formula is C21H34O. The van der Waals surface area contributed by atoms with E-state index in [1.165, 1.54) is 38.5 Å². The molecule has 4 saturated carbocycles. The fourth-order valence-corrected chi connectivity index (χ4v) is 8.09. The van der Waals surface area contributed by atoms with Gasteiger partial charge in [0.15, 0.2) is 0 Å². The van der Waals surface area contributed by atoms with Crippen molar-refractivity contribution in [2.45, 2.75) is 83.7 Å². The second-order valence-electron chi connectivity index (χ2n) is 9.88. The van der Waals surface area contributed by atoms with Crippen LogP contribution in [0.2, 0.25) is 0 Å². The van der Waals surface area contributed by atoms with E-state index in [-0.39, 0.29) is 0 Å². The molecule has 4 aliphatic carbocycles. The zero-order valence-electron chi connectivity index (χ0n) is 14.7. The molecule has 1 spiro atoms. The summed E-state index contributed by atoms with van der Waals surface area (Å²) in [5.41, 5.74) is 1.09. The average Bonchev–Trinajstić information content (AvgIpc) is 3.17. The maximum atomic E-state index is 5.84. The van der Waals surface area contributed by atoms with Gasteiger partial charge in [-0.25, -0.2) is 0 Å². The van der Waals surface area contributed by atoms with Crippen LogP contribution in [0.25, 0.3) is 0 Å². The van der Waals surface area contributed by atoms with E-state index in [0.29, 0.717) is 11.0 Å². The van der Waals surface area contributed by atoms with Gasteiger partial charge in [-0.2, -0.15) is 0 Å². The van der Waals surface area contributed by atoms with E-state index in [1.54, 1.807) is 25.7 Å². The highest BCUT2D eigenvalue weighted by molar-refractivity contribution is 5.08. The van der Waals surface area contributed by atoms with Gasteiger partial charge in [0, 0.05) is 0 Å². The van der Waals surface area contributed by atoms with Crippen molar-refractivity contribution in [2.24, 2.45) is 40.9 Å². The van der Waals surface area contributed by atoms with Gasteiger partial charge in [-0.3, -0.25) is 0 Å². The summed E-state index contributed by atoms with van der Waals surface area (Å²) < 4.78 is 5.84. The molecule has 8 atom stereocenters. The molecule has 22 heavy (non-hydrogen) atoms. The fourth-order valence-electron chi connectivity index (χ4n) is 8.09. The number of hydrogen-bond donors (Lipinski definition) is 0. The Morgan fingerprint density at radius 2 is 1.73 bits per heavy atom. The first-order valence-electron chi connectivity index (χ1n) is 10.3. The minimum atomic E-state index is 0.387. The summed E-state index contributed by atoms with van der Waals surface area (Å²) in [6, 6.07) is 0. The standard InChI is InChI=1S/C21H34O/c1-3-15-5-7-19-18-6-4-14-12-21(13-22-21)11-9-16(14)17(18)8-10-20(15,19)2/h14-19H,3-13H2,1-2H3/t14-,15-,16-,17+,18+,19-,20+,21?/m0/s1. The molecule has 0 amide bonds. The lowest BCUT2D eigenvalue weighted by molar-refractivity contribution is -0.0707. The van der Waals surface area contributed by atoms with Crippen molar-refractivity contribution in [3.05, 3.63) is 0 Å². The van der Waals surface area contributed by atoms with Crippen LogP contribution in [0.3, 0.4) is 0 Å². The normalized spacial score (nSPS) is 59.7. The molecule has 5 aliphatic rings. The van der Waals surface area contributed by atoms with Crippen LogP contribution in [0.5, 0.6) is 0 Å². The van der Waals surface area contributed by atoms with Crippen LogP contribution < -0.4 is 0 Å². The topological polar surface area (TPSA) is 12.5 Å². The van der Waals surface area contributed by atoms with Gasteiger partial charge < -0.3 is 4.74 Å². The predicted molar refractivity (Wildman–Crippen MR) is 89.6 cm³/mol. The van der Waals surface area contributed by atoms with Crippen molar-refractivity contribution < 1.29 is 4.74 Å². The van der Waals surface area contributed by atoms with E-state index >= 15 is 0 Å². The van der Waals surface area contributed by atoms with Crippen LogP contribution in [-0.2, 0) is 4.74 Å². The molecule has 1 aliphatic heterocycles. The van der Waals surface area contributed by atoms with E-state index in [0.717, 1.165) is 42.1 Å². The summed E-state index contributed by atoms with van der Waals surface area (Å²) in [7, 11) is 0. The molecule has 1 unspecified atom stereocenters. The minimum absolute atomic E-state index is 0.387. The van der Waals surface area contributed by atoms with Gasteiger partial charge in [-0.1, -0.05) is 20.3 Å². The van der Waals surface area contributed by atoms with Crippen molar-refractivity contribution in [2.75, 3.05) is 6.61 Å². The molecular weight excluding hydrogens is 268 g/mol. The number of fused-ring (bicyclic) bond motifs is 5. The summed E-state index contributed by atoms with van der Waals surface area (Å²) in [5.74, 6) is 6.37. The first kappa shape index (κ1) is 14.3. The van der Waals surface area contributed by atoms with Gasteiger partial charge >= 0.3 is 0 Å². The molecule has 1 heterocycles. The lowest BCUT2D eigenvalue weighted by Gasteiger charge is -2.56. The zero-order chi connectivity index (χ0) is 14.9. The van der Waals surface area contributed by atoms with Crippen LogP contribution in [0.1, 0.15) is 78.1 Å². The Bertz CT molecular complexity index is 453. The third-order valence-electron chi connectivity index (χ3n) is 9.33. The van der Waals surface area contributed by atoms with Crippen LogP contribution in [0.4, 0.5) is 0 Å². The second-order valence-corrected chi connectivity index (χ2v) is 9.88. The molecule has 0 N–H and O–H groups in total. The smallest absolute Gasteiger partial charge is 0.0919 e. The highest BCUT2D eigenvalue weighted by Crippen LogP contribution is 2.65. The Hall–Kier alpha value is -0.0400. The highest BCUT2D eigenvalue weighted by Gasteiger charge is 2.59. The van der Waals surface area contributed by atoms with Gasteiger partial charge in [-0.15, -0.1) is 0 Å². The number of epoxide rings is 1. The molecule has 124 valence electrons. The van der Waals surface area contributed by atoms with Crippen LogP contribution in [0, 0.1) is 40.9 Å². The van der Waals surface area contributed by atoms with Gasteiger partial charge in [0.1, 0.15) is 0 Å². The minimum Gasteiger partial charge on any atom is -0.370 e. The Balaban J connectivity index is 1.37. The first-order chi connectivity index (χ1) is 10.7. The lowest BCUT2D eigenvalue weighted by atomic mass is 9.49. The molecule has 0 bridgehead atoms. The Morgan fingerprint density at radius 1 is 0.909 bits per heavy atom. The van der Waals surface area contributed by atoms with Crippen molar-refractivity contribution in [3.8, 4) is 0 Å². The number of ether oxygens (including phenoxy) is 1. The van der Waals surface area contributed by atoms with Crippen molar-refractivity contribution >= 4 is 0 Å². The van der Waals surface area contributed by atoms with Gasteiger partial charge in [0.25, 0.3) is 0 Å². The van der Waals surface area contributed by atoms with Gasteiger partial charge in [0.05, 0.1) is 12.2 Å².